The van der Waals surface area contributed by atoms with Crippen molar-refractivity contribution in [2.75, 3.05) is 11.9 Å². The van der Waals surface area contributed by atoms with Crippen LogP contribution in [0.1, 0.15) is 48.7 Å². The van der Waals surface area contributed by atoms with Crippen molar-refractivity contribution < 1.29 is 9.53 Å². The third kappa shape index (κ3) is 5.19. The molecule has 0 spiro atoms. The molecule has 0 saturated heterocycles. The van der Waals surface area contributed by atoms with Gasteiger partial charge in [-0.15, -0.1) is 0 Å². The van der Waals surface area contributed by atoms with E-state index in [1.165, 1.54) is 0 Å². The van der Waals surface area contributed by atoms with Gasteiger partial charge in [0.25, 0.3) is 5.91 Å². The van der Waals surface area contributed by atoms with Crippen LogP contribution in [0.3, 0.4) is 0 Å². The molecule has 1 N–H and O–H groups in total. The van der Waals surface area contributed by atoms with Gasteiger partial charge in [0.15, 0.2) is 0 Å². The molecule has 0 fully saturated rings. The van der Waals surface area contributed by atoms with Crippen molar-refractivity contribution in [3.63, 3.8) is 0 Å². The molecule has 0 radical (unpaired) electrons. The van der Waals surface area contributed by atoms with Crippen LogP contribution in [0.25, 0.3) is 5.69 Å². The van der Waals surface area contributed by atoms with Crippen LogP contribution < -0.4 is 10.1 Å². The first-order valence-electron chi connectivity index (χ1n) is 9.74. The molecule has 3 rings (SSSR count). The fraction of sp³-hybridized carbons (Fsp3) is 0.261. The average molecular weight is 423 g/mol. The smallest absolute Gasteiger partial charge is 0.259 e. The Balaban J connectivity index is 1.79. The number of unbranched alkanes of at least 4 members (excludes halogenated alkanes) is 1. The van der Waals surface area contributed by atoms with E-state index in [0.29, 0.717) is 41.5 Å². The number of anilines is 1. The molecular formula is C23H23ClN4O2. The molecule has 1 amide bonds. The Morgan fingerprint density at radius 1 is 1.27 bits per heavy atom. The zero-order chi connectivity index (χ0) is 21.5. The Kier molecular flexibility index (Phi) is 7.10. The summed E-state index contributed by atoms with van der Waals surface area (Å²) >= 11 is 5.99. The van der Waals surface area contributed by atoms with Gasteiger partial charge in [-0.05, 0) is 48.7 Å². The zero-order valence-corrected chi connectivity index (χ0v) is 17.7. The maximum absolute atomic E-state index is 13.0. The van der Waals surface area contributed by atoms with Gasteiger partial charge in [-0.25, -0.2) is 4.68 Å². The fourth-order valence-corrected chi connectivity index (χ4v) is 3.21. The summed E-state index contributed by atoms with van der Waals surface area (Å²) in [6.45, 7) is 4.50. The van der Waals surface area contributed by atoms with Gasteiger partial charge in [0, 0.05) is 23.2 Å². The van der Waals surface area contributed by atoms with E-state index in [2.05, 4.69) is 16.5 Å². The van der Waals surface area contributed by atoms with E-state index < -0.39 is 0 Å². The number of ether oxygens (including phenoxy) is 1. The maximum atomic E-state index is 13.0. The highest BCUT2D eigenvalue weighted by atomic mass is 35.5. The van der Waals surface area contributed by atoms with Gasteiger partial charge < -0.3 is 10.1 Å². The van der Waals surface area contributed by atoms with Crippen molar-refractivity contribution in [3.05, 3.63) is 71.0 Å². The van der Waals surface area contributed by atoms with E-state index in [9.17, 15) is 4.79 Å². The number of carbonyl (C=O) groups excluding carboxylic acids is 1. The van der Waals surface area contributed by atoms with Crippen LogP contribution >= 0.6 is 11.6 Å². The molecule has 6 nitrogen and oxygen atoms in total. The highest BCUT2D eigenvalue weighted by Gasteiger charge is 2.21. The van der Waals surface area contributed by atoms with Crippen molar-refractivity contribution in [1.29, 1.82) is 5.26 Å². The molecule has 2 aromatic carbocycles. The lowest BCUT2D eigenvalue weighted by molar-refractivity contribution is 0.102. The van der Waals surface area contributed by atoms with E-state index in [4.69, 9.17) is 21.6 Å². The lowest BCUT2D eigenvalue weighted by atomic mass is 10.0. The van der Waals surface area contributed by atoms with Gasteiger partial charge in [-0.1, -0.05) is 31.5 Å². The molecule has 0 atom stereocenters. The number of hydrogen-bond donors (Lipinski definition) is 1. The Bertz CT molecular complexity index is 1050. The van der Waals surface area contributed by atoms with Crippen molar-refractivity contribution in [1.82, 2.24) is 9.78 Å². The standard InChI is InChI=1S/C23H23ClN4O2/c1-16(2)22-21(15-26-28(22)19-10-8-17(24)9-11-19)23(29)27-18-6-5-7-20(14-18)30-13-4-3-12-25/h5-11,14-16H,3-4,13H2,1-2H3,(H,27,29). The molecule has 7 heteroatoms. The van der Waals surface area contributed by atoms with Crippen LogP contribution in [-0.2, 0) is 0 Å². The molecule has 0 aliphatic carbocycles. The van der Waals surface area contributed by atoms with Gasteiger partial charge in [0.2, 0.25) is 0 Å². The number of amides is 1. The molecule has 30 heavy (non-hydrogen) atoms. The Morgan fingerprint density at radius 3 is 2.73 bits per heavy atom. The first-order chi connectivity index (χ1) is 14.5. The SMILES string of the molecule is CC(C)c1c(C(=O)Nc2cccc(OCCCC#N)c2)cnn1-c1ccc(Cl)cc1. The normalized spacial score (nSPS) is 10.6. The van der Waals surface area contributed by atoms with Crippen LogP contribution in [0.2, 0.25) is 5.02 Å². The van der Waals surface area contributed by atoms with E-state index in [-0.39, 0.29) is 11.8 Å². The largest absolute Gasteiger partial charge is 0.493 e. The lowest BCUT2D eigenvalue weighted by Gasteiger charge is -2.13. The highest BCUT2D eigenvalue weighted by molar-refractivity contribution is 6.30. The van der Waals surface area contributed by atoms with Gasteiger partial charge in [0.1, 0.15) is 5.75 Å². The van der Waals surface area contributed by atoms with Crippen LogP contribution in [0.15, 0.2) is 54.7 Å². The van der Waals surface area contributed by atoms with Crippen LogP contribution in [0.4, 0.5) is 5.69 Å². The Labute approximate surface area is 181 Å². The van der Waals surface area contributed by atoms with Crippen molar-refractivity contribution in [2.45, 2.75) is 32.6 Å². The zero-order valence-electron chi connectivity index (χ0n) is 16.9. The molecule has 0 unspecified atom stereocenters. The molecule has 0 aliphatic heterocycles. The van der Waals surface area contributed by atoms with E-state index >= 15 is 0 Å². The van der Waals surface area contributed by atoms with Crippen LogP contribution in [0, 0.1) is 11.3 Å². The van der Waals surface area contributed by atoms with Gasteiger partial charge in [-0.3, -0.25) is 4.79 Å². The number of benzene rings is 2. The third-order valence-corrected chi connectivity index (χ3v) is 4.71. The van der Waals surface area contributed by atoms with Gasteiger partial charge in [-0.2, -0.15) is 10.4 Å². The van der Waals surface area contributed by atoms with Crippen molar-refractivity contribution in [3.8, 4) is 17.5 Å². The number of carbonyl (C=O) groups is 1. The topological polar surface area (TPSA) is 79.9 Å². The molecule has 0 bridgehead atoms. The van der Waals surface area contributed by atoms with Gasteiger partial charge >= 0.3 is 0 Å². The molecular weight excluding hydrogens is 400 g/mol. The lowest BCUT2D eigenvalue weighted by Crippen LogP contribution is -2.15. The molecule has 1 heterocycles. The summed E-state index contributed by atoms with van der Waals surface area (Å²) in [6.07, 6.45) is 2.70. The summed E-state index contributed by atoms with van der Waals surface area (Å²) in [5.74, 6) is 0.492. The Morgan fingerprint density at radius 2 is 2.03 bits per heavy atom. The van der Waals surface area contributed by atoms with Crippen LogP contribution in [-0.4, -0.2) is 22.3 Å². The number of nitrogens with zero attached hydrogens (tertiary/aromatic N) is 3. The van der Waals surface area contributed by atoms with Crippen LogP contribution in [0.5, 0.6) is 5.75 Å². The summed E-state index contributed by atoms with van der Waals surface area (Å²) in [5.41, 5.74) is 2.81. The molecule has 0 aliphatic rings. The first kappa shape index (κ1) is 21.4. The number of aromatic nitrogens is 2. The second kappa shape index (κ2) is 9.95. The van der Waals surface area contributed by atoms with E-state index in [1.54, 1.807) is 35.1 Å². The minimum Gasteiger partial charge on any atom is -0.493 e. The Hall–Kier alpha value is -3.30. The third-order valence-electron chi connectivity index (χ3n) is 4.46. The highest BCUT2D eigenvalue weighted by Crippen LogP contribution is 2.25. The number of hydrogen-bond acceptors (Lipinski definition) is 4. The summed E-state index contributed by atoms with van der Waals surface area (Å²) in [7, 11) is 0. The number of halogens is 1. The second-order valence-corrected chi connectivity index (χ2v) is 7.51. The number of nitrogens with one attached hydrogen (secondary N) is 1. The van der Waals surface area contributed by atoms with E-state index in [0.717, 1.165) is 11.4 Å². The average Bonchev–Trinajstić information content (AvgIpc) is 3.18. The van der Waals surface area contributed by atoms with E-state index in [1.807, 2.05) is 38.1 Å². The number of rotatable bonds is 8. The van der Waals surface area contributed by atoms with Crippen molar-refractivity contribution in [2.24, 2.45) is 0 Å². The summed E-state index contributed by atoms with van der Waals surface area (Å²) in [4.78, 5) is 13.0. The second-order valence-electron chi connectivity index (χ2n) is 7.08. The minimum absolute atomic E-state index is 0.0822. The minimum atomic E-state index is -0.236. The summed E-state index contributed by atoms with van der Waals surface area (Å²) < 4.78 is 7.41. The number of nitriles is 1. The molecule has 154 valence electrons. The monoisotopic (exact) mass is 422 g/mol. The molecule has 3 aromatic rings. The predicted octanol–water partition coefficient (Wildman–Crippen LogP) is 5.58. The summed E-state index contributed by atoms with van der Waals surface area (Å²) in [6, 6.07) is 16.6. The predicted molar refractivity (Wildman–Crippen MR) is 117 cm³/mol. The molecule has 1 aromatic heterocycles. The van der Waals surface area contributed by atoms with Crippen molar-refractivity contribution >= 4 is 23.2 Å². The summed E-state index contributed by atoms with van der Waals surface area (Å²) in [5, 5.41) is 16.6. The quantitative estimate of drug-likeness (QED) is 0.480. The fourth-order valence-electron chi connectivity index (χ4n) is 3.08. The molecule has 0 saturated carbocycles. The maximum Gasteiger partial charge on any atom is 0.259 e. The first-order valence-corrected chi connectivity index (χ1v) is 10.1. The van der Waals surface area contributed by atoms with Gasteiger partial charge in [0.05, 0.1) is 35.8 Å².